The van der Waals surface area contributed by atoms with Gasteiger partial charge in [-0.3, -0.25) is 4.79 Å². The van der Waals surface area contributed by atoms with Crippen molar-refractivity contribution in [2.75, 3.05) is 20.3 Å². The highest BCUT2D eigenvalue weighted by Crippen LogP contribution is 2.44. The Morgan fingerprint density at radius 3 is 2.62 bits per heavy atom. The zero-order chi connectivity index (χ0) is 31.6. The molecule has 4 aromatic rings. The Labute approximate surface area is 265 Å². The number of hydrogen-bond donors (Lipinski definition) is 2. The van der Waals surface area contributed by atoms with Gasteiger partial charge in [0.15, 0.2) is 11.6 Å². The van der Waals surface area contributed by atoms with Crippen molar-refractivity contribution in [1.82, 2.24) is 5.32 Å². The number of rotatable bonds is 13. The molecule has 1 aliphatic heterocycles. The fourth-order valence-electron chi connectivity index (χ4n) is 5.17. The lowest BCUT2D eigenvalue weighted by Gasteiger charge is -2.31. The van der Waals surface area contributed by atoms with Crippen LogP contribution in [0.5, 0.6) is 11.5 Å². The van der Waals surface area contributed by atoms with Gasteiger partial charge in [-0.1, -0.05) is 65.2 Å². The average Bonchev–Trinajstić information content (AvgIpc) is 3.45. The molecule has 230 valence electrons. The normalized spacial score (nSPS) is 17.0. The summed E-state index contributed by atoms with van der Waals surface area (Å²) in [4.78, 5) is 22.5. The zero-order valence-corrected chi connectivity index (χ0v) is 25.4. The van der Waals surface area contributed by atoms with Crippen LogP contribution in [-0.2, 0) is 22.5 Å². The van der Waals surface area contributed by atoms with Gasteiger partial charge in [-0.25, -0.2) is 4.99 Å². The summed E-state index contributed by atoms with van der Waals surface area (Å²) in [6.45, 7) is 0.624. The highest BCUT2D eigenvalue weighted by molar-refractivity contribution is 6.30. The Balaban J connectivity index is 1.61. The van der Waals surface area contributed by atoms with Gasteiger partial charge in [0.25, 0.3) is 5.91 Å². The summed E-state index contributed by atoms with van der Waals surface area (Å²) in [5, 5.41) is 16.6. The standard InChI is InChI=1S/C34H32ClN5O5/c1-43-29-11-5-9-25(20-29)31-34(21-26-8-2-3-12-30(26)39-40-36,33(42)37-22-23-7-4-10-27(35)19-23)38-32(45-31)24-13-15-28(16-14-24)44-18-6-17-41/h2-5,7-16,19-20,31,41H,6,17-18,21-22H2,1H3,(H,37,42)/t31-,34-/m1/s1. The Bertz CT molecular complexity index is 1720. The SMILES string of the molecule is COc1cccc([C@H]2OC(c3ccc(OCCCO)cc3)=N[C@@]2(Cc2ccccc2N=[N+]=[N-])C(=O)NCc2cccc(Cl)c2)c1. The Morgan fingerprint density at radius 1 is 1.07 bits per heavy atom. The van der Waals surface area contributed by atoms with E-state index in [1.165, 1.54) is 0 Å². The molecule has 0 fully saturated rings. The molecule has 0 saturated heterocycles. The highest BCUT2D eigenvalue weighted by Gasteiger charge is 2.53. The maximum Gasteiger partial charge on any atom is 0.252 e. The number of azide groups is 1. The molecule has 1 amide bonds. The third-order valence-electron chi connectivity index (χ3n) is 7.37. The van der Waals surface area contributed by atoms with Gasteiger partial charge in [0.05, 0.1) is 13.7 Å². The minimum Gasteiger partial charge on any atom is -0.497 e. The van der Waals surface area contributed by atoms with E-state index in [-0.39, 0.29) is 31.4 Å². The summed E-state index contributed by atoms with van der Waals surface area (Å²) in [5.74, 6) is 1.11. The molecule has 0 aliphatic carbocycles. The summed E-state index contributed by atoms with van der Waals surface area (Å²) in [7, 11) is 1.57. The number of halogens is 1. The number of hydrogen-bond acceptors (Lipinski definition) is 7. The lowest BCUT2D eigenvalue weighted by atomic mass is 9.81. The minimum atomic E-state index is -1.52. The third-order valence-corrected chi connectivity index (χ3v) is 7.61. The zero-order valence-electron chi connectivity index (χ0n) is 24.6. The predicted octanol–water partition coefficient (Wildman–Crippen LogP) is 6.87. The van der Waals surface area contributed by atoms with E-state index in [1.807, 2.05) is 60.7 Å². The van der Waals surface area contributed by atoms with Gasteiger partial charge in [0, 0.05) is 47.2 Å². The van der Waals surface area contributed by atoms with E-state index in [4.69, 9.17) is 35.9 Å². The van der Waals surface area contributed by atoms with E-state index in [0.29, 0.717) is 51.9 Å². The van der Waals surface area contributed by atoms with Crippen LogP contribution in [-0.4, -0.2) is 42.8 Å². The predicted molar refractivity (Wildman–Crippen MR) is 172 cm³/mol. The molecule has 10 nitrogen and oxygen atoms in total. The molecule has 5 rings (SSSR count). The Kier molecular flexibility index (Phi) is 10.2. The van der Waals surface area contributed by atoms with E-state index >= 15 is 0 Å². The fourth-order valence-corrected chi connectivity index (χ4v) is 5.38. The van der Waals surface area contributed by atoms with Gasteiger partial charge in [-0.2, -0.15) is 0 Å². The number of aliphatic hydroxyl groups is 1. The molecule has 0 unspecified atom stereocenters. The average molecular weight is 626 g/mol. The van der Waals surface area contributed by atoms with Crippen LogP contribution in [0.3, 0.4) is 0 Å². The van der Waals surface area contributed by atoms with Crippen molar-refractivity contribution in [3.8, 4) is 11.5 Å². The molecular formula is C34H32ClN5O5. The van der Waals surface area contributed by atoms with Crippen molar-refractivity contribution in [3.05, 3.63) is 135 Å². The second-order valence-electron chi connectivity index (χ2n) is 10.4. The van der Waals surface area contributed by atoms with Crippen LogP contribution in [0.2, 0.25) is 5.02 Å². The van der Waals surface area contributed by atoms with E-state index in [1.54, 1.807) is 43.5 Å². The maximum atomic E-state index is 14.5. The van der Waals surface area contributed by atoms with E-state index in [9.17, 15) is 10.3 Å². The molecule has 45 heavy (non-hydrogen) atoms. The number of nitrogens with one attached hydrogen (secondary N) is 1. The summed E-state index contributed by atoms with van der Waals surface area (Å²) in [6.07, 6.45) is -0.289. The number of benzene rings is 4. The number of nitrogens with zero attached hydrogens (tertiary/aromatic N) is 4. The van der Waals surface area contributed by atoms with Crippen LogP contribution in [0.15, 0.2) is 107 Å². The summed E-state index contributed by atoms with van der Waals surface area (Å²) < 4.78 is 17.8. The largest absolute Gasteiger partial charge is 0.497 e. The molecule has 0 saturated carbocycles. The van der Waals surface area contributed by atoms with Crippen LogP contribution < -0.4 is 14.8 Å². The number of aliphatic imine (C=N–C) groups is 1. The van der Waals surface area contributed by atoms with Crippen LogP contribution in [0.25, 0.3) is 10.4 Å². The molecule has 0 bridgehead atoms. The molecule has 0 spiro atoms. The Hall–Kier alpha value is -5.02. The van der Waals surface area contributed by atoms with Crippen LogP contribution in [0.4, 0.5) is 5.69 Å². The maximum absolute atomic E-state index is 14.5. The molecule has 1 heterocycles. The second-order valence-corrected chi connectivity index (χ2v) is 10.8. The van der Waals surface area contributed by atoms with Crippen molar-refractivity contribution in [1.29, 1.82) is 0 Å². The van der Waals surface area contributed by atoms with Gasteiger partial charge in [0.1, 0.15) is 11.5 Å². The van der Waals surface area contributed by atoms with Crippen molar-refractivity contribution in [3.63, 3.8) is 0 Å². The molecule has 0 radical (unpaired) electrons. The van der Waals surface area contributed by atoms with Gasteiger partial charge >= 0.3 is 0 Å². The van der Waals surface area contributed by atoms with Gasteiger partial charge in [-0.05, 0) is 70.8 Å². The van der Waals surface area contributed by atoms with Crippen molar-refractivity contribution in [2.24, 2.45) is 10.1 Å². The van der Waals surface area contributed by atoms with E-state index in [0.717, 1.165) is 5.56 Å². The Morgan fingerprint density at radius 2 is 1.87 bits per heavy atom. The number of aliphatic hydroxyl groups excluding tert-OH is 1. The number of carbonyl (C=O) groups is 1. The quantitative estimate of drug-likeness (QED) is 0.0723. The molecule has 1 aliphatic rings. The van der Waals surface area contributed by atoms with Gasteiger partial charge in [-0.15, -0.1) is 0 Å². The summed E-state index contributed by atoms with van der Waals surface area (Å²) >= 11 is 6.21. The van der Waals surface area contributed by atoms with Crippen LogP contribution >= 0.6 is 11.6 Å². The van der Waals surface area contributed by atoms with Gasteiger partial charge in [0.2, 0.25) is 5.90 Å². The van der Waals surface area contributed by atoms with E-state index < -0.39 is 11.6 Å². The third kappa shape index (κ3) is 7.38. The summed E-state index contributed by atoms with van der Waals surface area (Å²) in [5.41, 5.74) is 10.9. The van der Waals surface area contributed by atoms with Crippen molar-refractivity contribution in [2.45, 2.75) is 31.0 Å². The number of amides is 1. The van der Waals surface area contributed by atoms with Crippen LogP contribution in [0, 0.1) is 0 Å². The minimum absolute atomic E-state index is 0.0403. The number of ether oxygens (including phenoxy) is 3. The van der Waals surface area contributed by atoms with Crippen molar-refractivity contribution >= 4 is 29.1 Å². The monoisotopic (exact) mass is 625 g/mol. The molecular weight excluding hydrogens is 594 g/mol. The summed E-state index contributed by atoms with van der Waals surface area (Å²) in [6, 6.07) is 28.9. The first-order valence-corrected chi connectivity index (χ1v) is 14.7. The molecule has 0 aromatic heterocycles. The molecule has 2 atom stereocenters. The topological polar surface area (TPSA) is 138 Å². The second kappa shape index (κ2) is 14.6. The molecule has 11 heteroatoms. The molecule has 4 aromatic carbocycles. The highest BCUT2D eigenvalue weighted by atomic mass is 35.5. The van der Waals surface area contributed by atoms with E-state index in [2.05, 4.69) is 15.3 Å². The van der Waals surface area contributed by atoms with Crippen molar-refractivity contribution < 1.29 is 24.1 Å². The van der Waals surface area contributed by atoms with Crippen LogP contribution in [0.1, 0.15) is 34.8 Å². The number of carbonyl (C=O) groups excluding carboxylic acids is 1. The fraction of sp³-hybridized carbons (Fsp3) is 0.235. The first kappa shape index (κ1) is 31.4. The lowest BCUT2D eigenvalue weighted by molar-refractivity contribution is -0.129. The molecule has 2 N–H and O–H groups in total. The smallest absolute Gasteiger partial charge is 0.252 e. The van der Waals surface area contributed by atoms with Gasteiger partial charge < -0.3 is 24.6 Å². The number of methoxy groups -OCH3 is 1. The first-order chi connectivity index (χ1) is 22.0. The first-order valence-electron chi connectivity index (χ1n) is 14.4. The lowest BCUT2D eigenvalue weighted by Crippen LogP contribution is -2.49.